The molecule has 22 aromatic rings. The van der Waals surface area contributed by atoms with Crippen molar-refractivity contribution in [2.75, 3.05) is 32.7 Å². The normalized spacial score (nSPS) is 12.4. The van der Waals surface area contributed by atoms with Crippen LogP contribution >= 0.6 is 0 Å². The van der Waals surface area contributed by atoms with E-state index in [1.165, 1.54) is 210 Å². The molecule has 1 aliphatic carbocycles. The Morgan fingerprint density at radius 2 is 0.565 bits per heavy atom. The first-order chi connectivity index (χ1) is 68.0. The molecule has 7 heteroatoms. The Balaban J connectivity index is 0.000000171. The zero-order chi connectivity index (χ0) is 93.1. The Labute approximate surface area is 811 Å². The lowest BCUT2D eigenvalue weighted by Gasteiger charge is -2.27. The lowest BCUT2D eigenvalue weighted by molar-refractivity contribution is 0.367. The van der Waals surface area contributed by atoms with Gasteiger partial charge in [-0.2, -0.15) is 0 Å². The minimum atomic E-state index is 0.592. The molecular weight excluding hydrogens is 1670 g/mol. The number of benzene rings is 19. The van der Waals surface area contributed by atoms with E-state index in [9.17, 15) is 0 Å². The van der Waals surface area contributed by atoms with Crippen LogP contribution in [0.25, 0.3) is 144 Å². The van der Waals surface area contributed by atoms with Crippen LogP contribution in [0.3, 0.4) is 0 Å². The molecule has 0 bridgehead atoms. The van der Waals surface area contributed by atoms with Crippen molar-refractivity contribution in [2.24, 2.45) is 0 Å². The molecule has 7 nitrogen and oxygen atoms in total. The van der Waals surface area contributed by atoms with E-state index in [0.29, 0.717) is 6.04 Å². The number of hydrogen-bond donors (Lipinski definition) is 0. The van der Waals surface area contributed by atoms with Crippen LogP contribution in [0.5, 0.6) is 0 Å². The minimum Gasteiger partial charge on any atom is -0.371 e. The Bertz CT molecular complexity index is 8160. The lowest BCUT2D eigenvalue weighted by Crippen LogP contribution is -2.27. The van der Waals surface area contributed by atoms with Gasteiger partial charge in [-0.1, -0.05) is 304 Å². The molecule has 674 valence electrons. The van der Waals surface area contributed by atoms with Crippen LogP contribution in [0.15, 0.2) is 425 Å². The van der Waals surface area contributed by atoms with E-state index >= 15 is 0 Å². The fourth-order valence-corrected chi connectivity index (χ4v) is 21.3. The van der Waals surface area contributed by atoms with E-state index in [2.05, 4.69) is 512 Å². The number of rotatable bonds is 25. The Kier molecular flexibility index (Phi) is 24.6. The summed E-state index contributed by atoms with van der Waals surface area (Å²) in [6.07, 6.45) is 14.4. The molecule has 0 radical (unpaired) electrons. The van der Waals surface area contributed by atoms with Crippen LogP contribution in [0.2, 0.25) is 0 Å². The van der Waals surface area contributed by atoms with Crippen LogP contribution in [-0.2, 0) is 19.5 Å². The second-order valence-electron chi connectivity index (χ2n) is 37.6. The van der Waals surface area contributed by atoms with Gasteiger partial charge in [-0.15, -0.1) is 0 Å². The summed E-state index contributed by atoms with van der Waals surface area (Å²) in [6.45, 7) is 17.1. The lowest BCUT2D eigenvalue weighted by atomic mass is 9.95. The van der Waals surface area contributed by atoms with E-state index in [1.807, 2.05) is 0 Å². The molecule has 0 spiro atoms. The topological polar surface area (TPSA) is 27.8 Å². The average molecular weight is 1790 g/mol. The third-order valence-corrected chi connectivity index (χ3v) is 28.8. The number of aryl methyl sites for hydroxylation is 5. The molecule has 1 saturated carbocycles. The summed E-state index contributed by atoms with van der Waals surface area (Å²) in [7, 11) is 0. The summed E-state index contributed by atoms with van der Waals surface area (Å²) in [5.74, 6) is 0. The van der Waals surface area contributed by atoms with Gasteiger partial charge in [0.15, 0.2) is 0 Å². The van der Waals surface area contributed by atoms with E-state index in [-0.39, 0.29) is 0 Å². The van der Waals surface area contributed by atoms with Crippen molar-refractivity contribution in [3.8, 4) is 44.5 Å². The van der Waals surface area contributed by atoms with Gasteiger partial charge >= 0.3 is 0 Å². The summed E-state index contributed by atoms with van der Waals surface area (Å²) in [5, 5.41) is 13.0. The minimum absolute atomic E-state index is 0.592. The molecule has 19 aromatic carbocycles. The third kappa shape index (κ3) is 17.7. The number of nitrogens with zero attached hydrogens (tertiary/aromatic N) is 7. The summed E-state index contributed by atoms with van der Waals surface area (Å²) in [4.78, 5) is 9.65. The first-order valence-corrected chi connectivity index (χ1v) is 49.7. The van der Waals surface area contributed by atoms with E-state index in [0.717, 1.165) is 89.2 Å². The number of unbranched alkanes of at least 4 members (excludes halogenated alkanes) is 1. The summed E-state index contributed by atoms with van der Waals surface area (Å²) in [5.41, 5.74) is 36.5. The maximum atomic E-state index is 2.65. The Hall–Kier alpha value is -16.0. The van der Waals surface area contributed by atoms with Gasteiger partial charge in [0.1, 0.15) is 0 Å². The predicted octanol–water partition coefficient (Wildman–Crippen LogP) is 36.6. The molecular formula is C131H115N7. The van der Waals surface area contributed by atoms with Crippen molar-refractivity contribution in [1.82, 2.24) is 13.7 Å². The largest absolute Gasteiger partial charge is 0.371 e. The molecule has 1 fully saturated rings. The van der Waals surface area contributed by atoms with Gasteiger partial charge in [-0.25, -0.2) is 0 Å². The zero-order valence-electron chi connectivity index (χ0n) is 79.8. The van der Waals surface area contributed by atoms with Crippen LogP contribution < -0.4 is 19.6 Å². The highest BCUT2D eigenvalue weighted by atomic mass is 15.2. The number of hydrogen-bond acceptors (Lipinski definition) is 4. The molecule has 0 unspecified atom stereocenters. The van der Waals surface area contributed by atoms with Crippen molar-refractivity contribution in [3.63, 3.8) is 0 Å². The molecule has 3 heterocycles. The molecule has 0 saturated heterocycles. The average Bonchev–Trinajstić information content (AvgIpc) is 1.60. The molecule has 138 heavy (non-hydrogen) atoms. The van der Waals surface area contributed by atoms with Crippen molar-refractivity contribution in [1.29, 1.82) is 0 Å². The van der Waals surface area contributed by atoms with Gasteiger partial charge in [0.2, 0.25) is 0 Å². The predicted molar refractivity (Wildman–Crippen MR) is 593 cm³/mol. The van der Waals surface area contributed by atoms with Crippen LogP contribution in [-0.4, -0.2) is 26.8 Å². The van der Waals surface area contributed by atoms with Gasteiger partial charge in [0, 0.05) is 155 Å². The number of anilines is 10. The number of para-hydroxylation sites is 3. The fourth-order valence-electron chi connectivity index (χ4n) is 21.3. The summed E-state index contributed by atoms with van der Waals surface area (Å²) < 4.78 is 7.47. The van der Waals surface area contributed by atoms with Crippen LogP contribution in [0, 0.1) is 20.8 Å². The molecule has 0 aliphatic heterocycles. The molecule has 0 atom stereocenters. The van der Waals surface area contributed by atoms with Crippen molar-refractivity contribution < 1.29 is 0 Å². The molecule has 0 N–H and O–H groups in total. The van der Waals surface area contributed by atoms with E-state index < -0.39 is 0 Å². The summed E-state index contributed by atoms with van der Waals surface area (Å²) in [6, 6.07) is 158. The quantitative estimate of drug-likeness (QED) is 0.0533. The highest BCUT2D eigenvalue weighted by molar-refractivity contribution is 6.12. The van der Waals surface area contributed by atoms with Gasteiger partial charge in [0.05, 0.1) is 0 Å². The van der Waals surface area contributed by atoms with Crippen molar-refractivity contribution >= 4 is 156 Å². The highest BCUT2D eigenvalue weighted by Gasteiger charge is 2.25. The van der Waals surface area contributed by atoms with Crippen molar-refractivity contribution in [3.05, 3.63) is 458 Å². The summed E-state index contributed by atoms with van der Waals surface area (Å²) >= 11 is 0. The van der Waals surface area contributed by atoms with Gasteiger partial charge in [0.25, 0.3) is 0 Å². The third-order valence-electron chi connectivity index (χ3n) is 28.8. The monoisotopic (exact) mass is 1790 g/mol. The van der Waals surface area contributed by atoms with Gasteiger partial charge in [-0.3, -0.25) is 0 Å². The van der Waals surface area contributed by atoms with Crippen LogP contribution in [0.1, 0.15) is 105 Å². The number of aromatic nitrogens is 3. The SMILES string of the molecule is CCCCN(CCc1ccc(N(c2ccc(C)cc2)c2ccc(-c3ccc4c(c3)c3ccccc3n4C3CCCCC3)cc2)cc1)c1ccc2ccccc2c1.CCn1c2ccccc2c2cc(-c3ccc(-c4ccc(N(c5ccc(C)cc5)c5ccc(/C=C/c6ccc(N(c7ccc(C)cc7)c7ccc8cc(-c9ccc%10c(c9)c9ccccc9n%10CC)ccc8c7)cc6)cc5)cc4)cc3)ccc21. The first-order valence-electron chi connectivity index (χ1n) is 49.7. The first kappa shape index (κ1) is 87.4. The number of fused-ring (bicyclic) bond motifs is 11. The standard InChI is InChI=1S/C78H62N4.C53H53N3/c1-5-79-75-13-9-7-11-71(75)73-51-63(34-47-77(73)79)59-27-25-57(26-28-59)58-31-44-69(45-32-58)81(65-36-15-53(3)16-37-65)67-40-21-55(22-41-67)19-20-56-23-42-68(43-24-56)82(66-38-17-54(4)18-39-66)70-46-33-61-49-60(29-30-62(61)50-70)64-35-48-78-74(52-64)72-12-8-10-14-76(72)80(78)6-2;1-3-4-35-54(49-32-24-41-12-8-9-13-43(41)37-49)36-34-40-20-28-47(29-21-40)55(46-26-18-39(2)19-27-46)48-30-22-42(23-31-48)44-25-33-53-51(38-44)50-16-10-11-17-52(50)56(53)45-14-6-5-7-15-45/h7-52H,5-6H2,1-4H3;8-13,16-33,37-38,45H,3-7,14-15,34-36H2,1-2H3/b20-19+;. The molecule has 1 aliphatic rings. The second kappa shape index (κ2) is 38.8. The van der Waals surface area contributed by atoms with Crippen LogP contribution in [0.4, 0.5) is 56.9 Å². The maximum Gasteiger partial charge on any atom is 0.0494 e. The molecule has 23 rings (SSSR count). The zero-order valence-corrected chi connectivity index (χ0v) is 79.8. The van der Waals surface area contributed by atoms with E-state index in [4.69, 9.17) is 0 Å². The second-order valence-corrected chi connectivity index (χ2v) is 37.6. The van der Waals surface area contributed by atoms with Crippen molar-refractivity contribution in [2.45, 2.75) is 112 Å². The molecule has 3 aromatic heterocycles. The van der Waals surface area contributed by atoms with Gasteiger partial charge in [-0.05, 0) is 325 Å². The van der Waals surface area contributed by atoms with E-state index in [1.54, 1.807) is 0 Å². The Morgan fingerprint density at radius 1 is 0.254 bits per heavy atom. The Morgan fingerprint density at radius 3 is 1.05 bits per heavy atom. The highest BCUT2D eigenvalue weighted by Crippen LogP contribution is 2.46. The maximum absolute atomic E-state index is 2.65. The molecule has 0 amide bonds. The van der Waals surface area contributed by atoms with Gasteiger partial charge < -0.3 is 33.3 Å². The fraction of sp³-hybridized carbons (Fsp3) is 0.145. The smallest absolute Gasteiger partial charge is 0.0494 e.